The maximum absolute atomic E-state index is 3.77. The van der Waals surface area contributed by atoms with Gasteiger partial charge in [-0.3, -0.25) is 0 Å². The fraction of sp³-hybridized carbons (Fsp3) is 0.167. The fourth-order valence-electron chi connectivity index (χ4n) is 1.52. The predicted molar refractivity (Wildman–Crippen MR) is 89.4 cm³/mol. The van der Waals surface area contributed by atoms with Crippen LogP contribution in [0, 0.1) is 6.92 Å². The number of halogens is 4. The monoisotopic (exact) mass is 500 g/mol. The Morgan fingerprint density at radius 1 is 1.06 bits per heavy atom. The molecule has 1 unspecified atom stereocenters. The van der Waals surface area contributed by atoms with Crippen molar-refractivity contribution >= 4 is 75.1 Å². The highest BCUT2D eigenvalue weighted by molar-refractivity contribution is 9.11. The zero-order chi connectivity index (χ0) is 12.6. The van der Waals surface area contributed by atoms with E-state index in [0.717, 1.165) is 13.4 Å². The van der Waals surface area contributed by atoms with Crippen LogP contribution in [0.4, 0.5) is 0 Å². The maximum Gasteiger partial charge on any atom is 0.0760 e. The number of aryl methyl sites for hydroxylation is 1. The molecule has 0 N–H and O–H groups in total. The first kappa shape index (κ1) is 14.3. The molecule has 1 aromatic carbocycles. The second-order valence-corrected chi connectivity index (χ2v) is 8.43. The van der Waals surface area contributed by atoms with Crippen molar-refractivity contribution < 1.29 is 0 Å². The Labute approximate surface area is 138 Å². The van der Waals surface area contributed by atoms with Gasteiger partial charge >= 0.3 is 0 Å². The van der Waals surface area contributed by atoms with E-state index in [4.69, 9.17) is 0 Å². The molecule has 0 nitrogen and oxygen atoms in total. The second kappa shape index (κ2) is 5.87. The van der Waals surface area contributed by atoms with Crippen LogP contribution in [-0.2, 0) is 0 Å². The highest BCUT2D eigenvalue weighted by Crippen LogP contribution is 2.43. The van der Waals surface area contributed by atoms with Crippen molar-refractivity contribution in [3.8, 4) is 0 Å². The van der Waals surface area contributed by atoms with E-state index < -0.39 is 0 Å². The lowest BCUT2D eigenvalue weighted by Gasteiger charge is -2.11. The van der Waals surface area contributed by atoms with Crippen LogP contribution in [0.2, 0.25) is 0 Å². The Morgan fingerprint density at radius 3 is 2.29 bits per heavy atom. The van der Waals surface area contributed by atoms with Gasteiger partial charge in [-0.05, 0) is 46.6 Å². The molecule has 0 saturated heterocycles. The normalized spacial score (nSPS) is 12.8. The molecule has 0 fully saturated rings. The molecule has 0 spiro atoms. The van der Waals surface area contributed by atoms with E-state index in [-0.39, 0.29) is 4.83 Å². The summed E-state index contributed by atoms with van der Waals surface area (Å²) in [5.74, 6) is 0. The van der Waals surface area contributed by atoms with Crippen molar-refractivity contribution in [1.29, 1.82) is 0 Å². The number of thiophene rings is 1. The van der Waals surface area contributed by atoms with Gasteiger partial charge in [0.15, 0.2) is 0 Å². The highest BCUT2D eigenvalue weighted by atomic mass is 79.9. The molecular weight excluding hydrogens is 496 g/mol. The molecule has 0 saturated carbocycles. The smallest absolute Gasteiger partial charge is 0.0760 e. The molecular formula is C12H8Br4S. The second-order valence-electron chi connectivity index (χ2n) is 3.60. The van der Waals surface area contributed by atoms with Crippen LogP contribution in [-0.4, -0.2) is 0 Å². The summed E-state index contributed by atoms with van der Waals surface area (Å²) < 4.78 is 3.35. The summed E-state index contributed by atoms with van der Waals surface area (Å²) >= 11 is 16.3. The van der Waals surface area contributed by atoms with Gasteiger partial charge in [-0.15, -0.1) is 11.3 Å². The zero-order valence-electron chi connectivity index (χ0n) is 8.81. The van der Waals surface area contributed by atoms with Gasteiger partial charge in [-0.2, -0.15) is 0 Å². The van der Waals surface area contributed by atoms with Crippen molar-refractivity contribution in [2.45, 2.75) is 11.8 Å². The standard InChI is InChI=1S/C12H8Br4S/c1-6-4-10(15)12(17-6)11(16)8-3-2-7(13)5-9(8)14/h2-5,11H,1H3. The lowest BCUT2D eigenvalue weighted by Crippen LogP contribution is -1.92. The molecule has 2 rings (SSSR count). The molecule has 90 valence electrons. The van der Waals surface area contributed by atoms with Gasteiger partial charge in [0, 0.05) is 23.2 Å². The number of alkyl halides is 1. The van der Waals surface area contributed by atoms with Crippen molar-refractivity contribution in [1.82, 2.24) is 0 Å². The average Bonchev–Trinajstić information content (AvgIpc) is 2.57. The summed E-state index contributed by atoms with van der Waals surface area (Å²) in [6.07, 6.45) is 0. The molecule has 0 radical (unpaired) electrons. The van der Waals surface area contributed by atoms with Gasteiger partial charge in [-0.1, -0.05) is 53.9 Å². The van der Waals surface area contributed by atoms with E-state index in [1.165, 1.54) is 15.3 Å². The Hall–Kier alpha value is 0.840. The topological polar surface area (TPSA) is 0 Å². The first-order valence-electron chi connectivity index (χ1n) is 4.84. The number of benzene rings is 1. The van der Waals surface area contributed by atoms with Crippen LogP contribution >= 0.6 is 75.1 Å². The third-order valence-electron chi connectivity index (χ3n) is 2.30. The van der Waals surface area contributed by atoms with Crippen LogP contribution in [0.5, 0.6) is 0 Å². The molecule has 1 heterocycles. The van der Waals surface area contributed by atoms with Crippen molar-refractivity contribution in [3.05, 3.63) is 53.0 Å². The number of hydrogen-bond donors (Lipinski definition) is 0. The average molecular weight is 504 g/mol. The molecule has 0 amide bonds. The Morgan fingerprint density at radius 2 is 1.76 bits per heavy atom. The van der Waals surface area contributed by atoms with Crippen LogP contribution in [0.3, 0.4) is 0 Å². The quantitative estimate of drug-likeness (QED) is 0.394. The van der Waals surface area contributed by atoms with Gasteiger partial charge in [0.1, 0.15) is 0 Å². The highest BCUT2D eigenvalue weighted by Gasteiger charge is 2.18. The van der Waals surface area contributed by atoms with Gasteiger partial charge in [0.2, 0.25) is 0 Å². The number of hydrogen-bond acceptors (Lipinski definition) is 1. The van der Waals surface area contributed by atoms with Crippen molar-refractivity contribution in [2.24, 2.45) is 0 Å². The van der Waals surface area contributed by atoms with Gasteiger partial charge in [0.05, 0.1) is 4.83 Å². The van der Waals surface area contributed by atoms with E-state index in [9.17, 15) is 0 Å². The molecule has 5 heteroatoms. The lowest BCUT2D eigenvalue weighted by atomic mass is 10.1. The molecule has 0 aliphatic rings. The zero-order valence-corrected chi connectivity index (χ0v) is 16.0. The minimum Gasteiger partial charge on any atom is -0.143 e. The minimum absolute atomic E-state index is 0.207. The summed E-state index contributed by atoms with van der Waals surface area (Å²) in [5.41, 5.74) is 1.23. The number of rotatable bonds is 2. The van der Waals surface area contributed by atoms with E-state index >= 15 is 0 Å². The Kier molecular flexibility index (Phi) is 4.92. The minimum atomic E-state index is 0.207. The third-order valence-corrected chi connectivity index (χ3v) is 6.77. The van der Waals surface area contributed by atoms with Gasteiger partial charge in [0.25, 0.3) is 0 Å². The molecule has 0 aliphatic heterocycles. The summed E-state index contributed by atoms with van der Waals surface area (Å²) in [4.78, 5) is 2.81. The van der Waals surface area contributed by atoms with E-state index in [1.807, 2.05) is 0 Å². The predicted octanol–water partition coefficient (Wildman–Crippen LogP) is 6.83. The molecule has 0 aliphatic carbocycles. The molecule has 1 atom stereocenters. The van der Waals surface area contributed by atoms with E-state index in [2.05, 4.69) is 94.9 Å². The molecule has 2 aromatic rings. The van der Waals surface area contributed by atoms with Crippen molar-refractivity contribution in [2.75, 3.05) is 0 Å². The maximum atomic E-state index is 3.77. The Bertz CT molecular complexity index is 547. The SMILES string of the molecule is Cc1cc(Br)c(C(Br)c2ccc(Br)cc2Br)s1. The summed E-state index contributed by atoms with van der Waals surface area (Å²) in [6.45, 7) is 2.12. The summed E-state index contributed by atoms with van der Waals surface area (Å²) in [7, 11) is 0. The fourth-order valence-corrected chi connectivity index (χ4v) is 6.22. The third kappa shape index (κ3) is 3.24. The first-order chi connectivity index (χ1) is 7.99. The van der Waals surface area contributed by atoms with Crippen LogP contribution < -0.4 is 0 Å². The van der Waals surface area contributed by atoms with Crippen LogP contribution in [0.15, 0.2) is 37.7 Å². The van der Waals surface area contributed by atoms with Gasteiger partial charge < -0.3 is 0 Å². The van der Waals surface area contributed by atoms with E-state index in [1.54, 1.807) is 11.3 Å². The van der Waals surface area contributed by atoms with E-state index in [0.29, 0.717) is 0 Å². The Balaban J connectivity index is 2.43. The van der Waals surface area contributed by atoms with Crippen LogP contribution in [0.1, 0.15) is 20.1 Å². The van der Waals surface area contributed by atoms with Gasteiger partial charge in [-0.25, -0.2) is 0 Å². The summed E-state index contributed by atoms with van der Waals surface area (Å²) in [6, 6.07) is 8.40. The van der Waals surface area contributed by atoms with Crippen molar-refractivity contribution in [3.63, 3.8) is 0 Å². The molecule has 0 bridgehead atoms. The summed E-state index contributed by atoms with van der Waals surface area (Å²) in [5, 5.41) is 0. The molecule has 1 aromatic heterocycles. The lowest BCUT2D eigenvalue weighted by molar-refractivity contribution is 1.19. The first-order valence-corrected chi connectivity index (χ1v) is 8.95. The molecule has 17 heavy (non-hydrogen) atoms. The largest absolute Gasteiger partial charge is 0.143 e. The van der Waals surface area contributed by atoms with Crippen LogP contribution in [0.25, 0.3) is 0 Å².